The number of rotatable bonds is 13. The largest absolute Gasteiger partial charge is 0.497 e. The van der Waals surface area contributed by atoms with Crippen LogP contribution in [-0.2, 0) is 40.4 Å². The monoisotopic (exact) mass is 740 g/mol. The van der Waals surface area contributed by atoms with Crippen LogP contribution >= 0.6 is 0 Å². The zero-order valence-corrected chi connectivity index (χ0v) is 33.0. The molecule has 55 heavy (non-hydrogen) atoms. The molecule has 7 rings (SSSR count). The van der Waals surface area contributed by atoms with Gasteiger partial charge in [0, 0.05) is 30.8 Å². The molecule has 2 aliphatic rings. The lowest BCUT2D eigenvalue weighted by Gasteiger charge is -2.30. The fraction of sp³-hybridized carbons (Fsp3) is 0.362. The van der Waals surface area contributed by atoms with Crippen molar-refractivity contribution in [3.05, 3.63) is 148 Å². The van der Waals surface area contributed by atoms with Crippen molar-refractivity contribution in [2.45, 2.75) is 84.3 Å². The topological polar surface area (TPSA) is 79.4 Å². The van der Waals surface area contributed by atoms with Crippen molar-refractivity contribution in [3.63, 3.8) is 0 Å². The van der Waals surface area contributed by atoms with Crippen LogP contribution in [0.4, 0.5) is 5.82 Å². The summed E-state index contributed by atoms with van der Waals surface area (Å²) in [5.41, 5.74) is 7.46. The molecular weight excluding hydrogens is 689 g/mol. The first-order valence-electron chi connectivity index (χ1n) is 19.2. The van der Waals surface area contributed by atoms with Crippen molar-refractivity contribution in [3.8, 4) is 17.2 Å². The summed E-state index contributed by atoms with van der Waals surface area (Å²) in [4.78, 5) is 22.7. The molecule has 0 spiro atoms. The maximum Gasteiger partial charge on any atom is 0.311 e. The van der Waals surface area contributed by atoms with E-state index in [0.29, 0.717) is 32.1 Å². The van der Waals surface area contributed by atoms with Crippen molar-refractivity contribution in [2.24, 2.45) is 5.92 Å². The van der Waals surface area contributed by atoms with E-state index in [1.807, 2.05) is 63.2 Å². The van der Waals surface area contributed by atoms with Crippen molar-refractivity contribution in [2.75, 3.05) is 25.7 Å². The molecule has 0 amide bonds. The van der Waals surface area contributed by atoms with Crippen molar-refractivity contribution < 1.29 is 28.5 Å². The average molecular weight is 741 g/mol. The smallest absolute Gasteiger partial charge is 0.311 e. The minimum absolute atomic E-state index is 0.167. The van der Waals surface area contributed by atoms with Gasteiger partial charge >= 0.3 is 5.97 Å². The predicted molar refractivity (Wildman–Crippen MR) is 215 cm³/mol. The molecule has 3 atom stereocenters. The third kappa shape index (κ3) is 8.35. The van der Waals surface area contributed by atoms with Gasteiger partial charge in [-0.2, -0.15) is 0 Å². The standard InChI is InChI=1S/C47H52N2O6/c1-30(2)49(27-31-11-9-8-10-12-31)41-22-21-39-42(34-16-15-33-23-24-54-40(33)26-34)44(46(50)55-47(3,4)5)43(45(39)48-41)38-20-19-37(52-7)25-35(38)29-53-28-32-13-17-36(51-6)18-14-32/h8-22,25-26,30,42-44H,23-24,27-29H2,1-7H3/t42-,43-,44+/m0/s1. The lowest BCUT2D eigenvalue weighted by molar-refractivity contribution is -0.160. The van der Waals surface area contributed by atoms with Gasteiger partial charge in [-0.3, -0.25) is 4.79 Å². The third-order valence-electron chi connectivity index (χ3n) is 10.5. The van der Waals surface area contributed by atoms with Crippen molar-refractivity contribution in [1.29, 1.82) is 0 Å². The van der Waals surface area contributed by atoms with Crippen LogP contribution in [0, 0.1) is 5.92 Å². The highest BCUT2D eigenvalue weighted by Crippen LogP contribution is 2.54. The third-order valence-corrected chi connectivity index (χ3v) is 10.5. The molecule has 0 saturated heterocycles. The number of methoxy groups -OCH3 is 2. The summed E-state index contributed by atoms with van der Waals surface area (Å²) in [5, 5.41) is 0. The molecule has 8 heteroatoms. The molecule has 0 radical (unpaired) electrons. The van der Waals surface area contributed by atoms with E-state index in [1.54, 1.807) is 14.2 Å². The molecule has 0 saturated carbocycles. The van der Waals surface area contributed by atoms with Gasteiger partial charge in [-0.25, -0.2) is 4.98 Å². The van der Waals surface area contributed by atoms with Gasteiger partial charge in [0.2, 0.25) is 0 Å². The van der Waals surface area contributed by atoms with Crippen LogP contribution in [0.3, 0.4) is 0 Å². The first-order valence-corrected chi connectivity index (χ1v) is 19.2. The second kappa shape index (κ2) is 16.2. The fourth-order valence-corrected chi connectivity index (χ4v) is 7.90. The molecule has 0 fully saturated rings. The van der Waals surface area contributed by atoms with Crippen LogP contribution < -0.4 is 19.1 Å². The summed E-state index contributed by atoms with van der Waals surface area (Å²) in [5.74, 6) is 1.57. The van der Waals surface area contributed by atoms with Gasteiger partial charge in [0.05, 0.1) is 45.7 Å². The summed E-state index contributed by atoms with van der Waals surface area (Å²) < 4.78 is 29.9. The van der Waals surface area contributed by atoms with Gasteiger partial charge in [0.15, 0.2) is 0 Å². The van der Waals surface area contributed by atoms with Gasteiger partial charge in [-0.1, -0.05) is 66.7 Å². The Morgan fingerprint density at radius 3 is 2.25 bits per heavy atom. The Balaban J connectivity index is 1.37. The summed E-state index contributed by atoms with van der Waals surface area (Å²) in [7, 11) is 3.32. The van der Waals surface area contributed by atoms with Crippen molar-refractivity contribution in [1.82, 2.24) is 4.98 Å². The molecule has 0 unspecified atom stereocenters. The second-order valence-electron chi connectivity index (χ2n) is 15.7. The molecule has 5 aromatic rings. The van der Waals surface area contributed by atoms with Gasteiger partial charge in [-0.05, 0) is 110 Å². The molecule has 2 heterocycles. The maximum atomic E-state index is 14.8. The van der Waals surface area contributed by atoms with Gasteiger partial charge in [0.1, 0.15) is 28.7 Å². The second-order valence-corrected chi connectivity index (χ2v) is 15.7. The fourth-order valence-electron chi connectivity index (χ4n) is 7.90. The van der Waals surface area contributed by atoms with Crippen molar-refractivity contribution >= 4 is 11.8 Å². The number of esters is 1. The van der Waals surface area contributed by atoms with Crippen LogP contribution in [0.5, 0.6) is 17.2 Å². The number of pyridine rings is 1. The number of nitrogens with zero attached hydrogens (tertiary/aromatic N) is 2. The first kappa shape index (κ1) is 38.0. The minimum Gasteiger partial charge on any atom is -0.497 e. The number of anilines is 1. The number of fused-ring (bicyclic) bond motifs is 2. The Kier molecular flexibility index (Phi) is 11.2. The van der Waals surface area contributed by atoms with Gasteiger partial charge in [-0.15, -0.1) is 0 Å². The van der Waals surface area contributed by atoms with E-state index in [1.165, 1.54) is 11.1 Å². The normalized spacial score (nSPS) is 17.3. The summed E-state index contributed by atoms with van der Waals surface area (Å²) in [6.45, 7) is 12.2. The van der Waals surface area contributed by atoms with E-state index < -0.39 is 17.4 Å². The molecular formula is C47H52N2O6. The van der Waals surface area contributed by atoms with E-state index in [9.17, 15) is 4.79 Å². The van der Waals surface area contributed by atoms with E-state index in [0.717, 1.165) is 57.2 Å². The van der Waals surface area contributed by atoms with E-state index in [-0.39, 0.29) is 17.9 Å². The number of hydrogen-bond donors (Lipinski definition) is 0. The Hall–Kier alpha value is -5.34. The summed E-state index contributed by atoms with van der Waals surface area (Å²) in [6.07, 6.45) is 0.873. The molecule has 8 nitrogen and oxygen atoms in total. The zero-order chi connectivity index (χ0) is 38.7. The number of ether oxygens (including phenoxy) is 5. The Morgan fingerprint density at radius 1 is 0.818 bits per heavy atom. The number of benzene rings is 4. The highest BCUT2D eigenvalue weighted by molar-refractivity contribution is 5.80. The number of carbonyl (C=O) groups is 1. The molecule has 1 aromatic heterocycles. The van der Waals surface area contributed by atoms with Crippen LogP contribution in [0.15, 0.2) is 103 Å². The predicted octanol–water partition coefficient (Wildman–Crippen LogP) is 9.40. The van der Waals surface area contributed by atoms with Gasteiger partial charge < -0.3 is 28.6 Å². The van der Waals surface area contributed by atoms with Crippen LogP contribution in [0.25, 0.3) is 0 Å². The molecule has 0 N–H and O–H groups in total. The van der Waals surface area contributed by atoms with E-state index >= 15 is 0 Å². The van der Waals surface area contributed by atoms with Crippen LogP contribution in [-0.4, -0.2) is 43.4 Å². The minimum atomic E-state index is -0.699. The van der Waals surface area contributed by atoms with Gasteiger partial charge in [0.25, 0.3) is 0 Å². The molecule has 1 aliphatic heterocycles. The molecule has 4 aromatic carbocycles. The number of aromatic nitrogens is 1. The highest BCUT2D eigenvalue weighted by Gasteiger charge is 2.50. The quantitative estimate of drug-likeness (QED) is 0.111. The van der Waals surface area contributed by atoms with Crippen LogP contribution in [0.1, 0.15) is 91.1 Å². The average Bonchev–Trinajstić information content (AvgIpc) is 3.79. The summed E-state index contributed by atoms with van der Waals surface area (Å²) >= 11 is 0. The lowest BCUT2D eigenvalue weighted by atomic mass is 9.78. The molecule has 286 valence electrons. The van der Waals surface area contributed by atoms with E-state index in [2.05, 4.69) is 79.4 Å². The van der Waals surface area contributed by atoms with E-state index in [4.69, 9.17) is 28.7 Å². The Morgan fingerprint density at radius 2 is 1.55 bits per heavy atom. The first-order chi connectivity index (χ1) is 26.5. The summed E-state index contributed by atoms with van der Waals surface area (Å²) in [6, 6.07) is 35.3. The van der Waals surface area contributed by atoms with Crippen LogP contribution in [0.2, 0.25) is 0 Å². The number of hydrogen-bond acceptors (Lipinski definition) is 8. The zero-order valence-electron chi connectivity index (χ0n) is 33.0. The highest BCUT2D eigenvalue weighted by atomic mass is 16.6. The lowest BCUT2D eigenvalue weighted by Crippen LogP contribution is -2.33. The number of carbonyl (C=O) groups excluding carboxylic acids is 1. The SMILES string of the molecule is COc1ccc(COCc2cc(OC)ccc2[C@@H]2c3nc(N(Cc4ccccc4)C(C)C)ccc3[C@H](c3ccc4c(c3)OCC4)[C@H]2C(=O)OC(C)(C)C)cc1. The molecule has 0 bridgehead atoms. The Labute approximate surface area is 325 Å². The molecule has 1 aliphatic carbocycles. The Bertz CT molecular complexity index is 2110. The maximum absolute atomic E-state index is 14.8.